The number of aromatic nitrogens is 6. The molecule has 29 heavy (non-hydrogen) atoms. The van der Waals surface area contributed by atoms with Crippen molar-refractivity contribution in [1.29, 1.82) is 0 Å². The van der Waals surface area contributed by atoms with E-state index in [2.05, 4.69) is 31.0 Å². The Hall–Kier alpha value is -4.34. The van der Waals surface area contributed by atoms with Gasteiger partial charge in [-0.05, 0) is 48.5 Å². The fraction of sp³-hybridized carbons (Fsp3) is 0.0526. The van der Waals surface area contributed by atoms with Crippen molar-refractivity contribution < 1.29 is 4.79 Å². The van der Waals surface area contributed by atoms with Gasteiger partial charge in [0.15, 0.2) is 11.6 Å². The minimum absolute atomic E-state index is 0.154. The Balaban J connectivity index is 1.40. The average Bonchev–Trinajstić information content (AvgIpc) is 3.27. The molecule has 3 heterocycles. The average molecular weight is 388 g/mol. The van der Waals surface area contributed by atoms with E-state index < -0.39 is 5.91 Å². The molecule has 0 aliphatic heterocycles. The summed E-state index contributed by atoms with van der Waals surface area (Å²) >= 11 is 0. The monoisotopic (exact) mass is 388 g/mol. The maximum Gasteiger partial charge on any atom is 0.276 e. The highest BCUT2D eigenvalue weighted by Crippen LogP contribution is 2.18. The molecule has 0 spiro atoms. The molecule has 4 aromatic rings. The van der Waals surface area contributed by atoms with Crippen LogP contribution in [0.5, 0.6) is 0 Å². The van der Waals surface area contributed by atoms with Gasteiger partial charge in [0.05, 0.1) is 0 Å². The van der Waals surface area contributed by atoms with E-state index in [0.29, 0.717) is 17.3 Å². The van der Waals surface area contributed by atoms with Gasteiger partial charge in [-0.25, -0.2) is 9.36 Å². The van der Waals surface area contributed by atoms with Crippen molar-refractivity contribution in [3.05, 3.63) is 83.0 Å². The fourth-order valence-corrected chi connectivity index (χ4v) is 2.52. The first-order valence-electron chi connectivity index (χ1n) is 8.65. The summed E-state index contributed by atoms with van der Waals surface area (Å²) in [6.07, 6.45) is 3.46. The van der Waals surface area contributed by atoms with Crippen LogP contribution in [0.15, 0.2) is 71.8 Å². The molecular weight excluding hydrogens is 372 g/mol. The number of hydrogen-bond acceptors (Lipinski definition) is 7. The molecule has 0 bridgehead atoms. The molecule has 0 aliphatic rings. The van der Waals surface area contributed by atoms with Crippen LogP contribution >= 0.6 is 0 Å². The van der Waals surface area contributed by atoms with Crippen LogP contribution in [0.1, 0.15) is 10.5 Å². The molecule has 3 aromatic heterocycles. The summed E-state index contributed by atoms with van der Waals surface area (Å²) in [6.45, 7) is 0. The predicted octanol–water partition coefficient (Wildman–Crippen LogP) is 1.75. The maximum atomic E-state index is 12.3. The van der Waals surface area contributed by atoms with Crippen molar-refractivity contribution in [3.63, 3.8) is 0 Å². The highest BCUT2D eigenvalue weighted by molar-refractivity contribution is 6.02. The molecule has 1 aromatic carbocycles. The second-order valence-corrected chi connectivity index (χ2v) is 6.06. The first-order valence-corrected chi connectivity index (χ1v) is 8.65. The van der Waals surface area contributed by atoms with Gasteiger partial charge >= 0.3 is 0 Å². The smallest absolute Gasteiger partial charge is 0.276 e. The lowest BCUT2D eigenvalue weighted by molar-refractivity contribution is 0.102. The second-order valence-electron chi connectivity index (χ2n) is 6.06. The Bertz CT molecular complexity index is 1180. The first-order chi connectivity index (χ1) is 14.1. The van der Waals surface area contributed by atoms with E-state index in [4.69, 9.17) is 0 Å². The number of anilines is 3. The Labute approximate surface area is 164 Å². The Morgan fingerprint density at radius 3 is 2.41 bits per heavy atom. The number of carbonyl (C=O) groups excluding carboxylic acids is 1. The van der Waals surface area contributed by atoms with Crippen LogP contribution in [0, 0.1) is 0 Å². The summed E-state index contributed by atoms with van der Waals surface area (Å²) < 4.78 is 2.73. The summed E-state index contributed by atoms with van der Waals surface area (Å²) in [7, 11) is 1.49. The minimum Gasteiger partial charge on any atom is -0.339 e. The number of aryl methyl sites for hydroxylation is 1. The van der Waals surface area contributed by atoms with Gasteiger partial charge in [-0.15, -0.1) is 10.2 Å². The molecule has 4 rings (SSSR count). The molecule has 0 saturated carbocycles. The number of benzene rings is 1. The number of rotatable bonds is 5. The number of nitrogens with zero attached hydrogens (tertiary/aromatic N) is 6. The van der Waals surface area contributed by atoms with Crippen LogP contribution in [0.4, 0.5) is 17.2 Å². The van der Waals surface area contributed by atoms with Gasteiger partial charge in [0, 0.05) is 36.9 Å². The highest BCUT2D eigenvalue weighted by Gasteiger charge is 2.09. The van der Waals surface area contributed by atoms with Crippen LogP contribution in [0.3, 0.4) is 0 Å². The standard InChI is InChI=1S/C19H16N8O2/c1-26-18(28)10-7-15(25-26)19(29)22-14-5-3-13(4-6-14)21-16-8-9-17(24-23-16)27-12-2-11-20-27/h2-12H,1H3,(H,21,23)(H,22,29). The molecule has 10 heteroatoms. The zero-order chi connectivity index (χ0) is 20.2. The lowest BCUT2D eigenvalue weighted by Crippen LogP contribution is -2.23. The molecule has 1 amide bonds. The van der Waals surface area contributed by atoms with Crippen molar-refractivity contribution in [1.82, 2.24) is 29.8 Å². The summed E-state index contributed by atoms with van der Waals surface area (Å²) in [5.41, 5.74) is 1.25. The second kappa shape index (κ2) is 7.72. The van der Waals surface area contributed by atoms with Crippen molar-refractivity contribution in [3.8, 4) is 5.82 Å². The zero-order valence-electron chi connectivity index (χ0n) is 15.4. The third-order valence-electron chi connectivity index (χ3n) is 4.00. The molecule has 144 valence electrons. The van der Waals surface area contributed by atoms with Crippen molar-refractivity contribution >= 4 is 23.1 Å². The van der Waals surface area contributed by atoms with Crippen LogP contribution < -0.4 is 16.2 Å². The van der Waals surface area contributed by atoms with E-state index in [-0.39, 0.29) is 11.3 Å². The van der Waals surface area contributed by atoms with Gasteiger partial charge in [0.25, 0.3) is 11.5 Å². The predicted molar refractivity (Wildman–Crippen MR) is 106 cm³/mol. The quantitative estimate of drug-likeness (QED) is 0.534. The van der Waals surface area contributed by atoms with Crippen LogP contribution in [-0.2, 0) is 7.05 Å². The summed E-state index contributed by atoms with van der Waals surface area (Å²) in [5, 5.41) is 22.2. The molecule has 0 fully saturated rings. The van der Waals surface area contributed by atoms with Crippen LogP contribution in [0.25, 0.3) is 5.82 Å². The lowest BCUT2D eigenvalue weighted by Gasteiger charge is -2.08. The highest BCUT2D eigenvalue weighted by atomic mass is 16.2. The third kappa shape index (κ3) is 4.16. The molecule has 0 saturated heterocycles. The third-order valence-corrected chi connectivity index (χ3v) is 4.00. The van der Waals surface area contributed by atoms with E-state index in [1.54, 1.807) is 53.5 Å². The zero-order valence-corrected chi connectivity index (χ0v) is 15.4. The van der Waals surface area contributed by atoms with Crippen molar-refractivity contribution in [2.45, 2.75) is 0 Å². The summed E-state index contributed by atoms with van der Waals surface area (Å²) in [6, 6.07) is 15.2. The number of carbonyl (C=O) groups is 1. The normalized spacial score (nSPS) is 10.5. The van der Waals surface area contributed by atoms with Crippen molar-refractivity contribution in [2.75, 3.05) is 10.6 Å². The first kappa shape index (κ1) is 18.0. The van der Waals surface area contributed by atoms with Crippen LogP contribution in [0.2, 0.25) is 0 Å². The van der Waals surface area contributed by atoms with E-state index in [1.807, 2.05) is 6.07 Å². The molecule has 0 aliphatic carbocycles. The van der Waals surface area contributed by atoms with Gasteiger partial charge in [-0.2, -0.15) is 10.2 Å². The lowest BCUT2D eigenvalue weighted by atomic mass is 10.2. The van der Waals surface area contributed by atoms with E-state index in [1.165, 1.54) is 19.2 Å². The molecule has 0 radical (unpaired) electrons. The molecular formula is C19H16N8O2. The summed E-state index contributed by atoms with van der Waals surface area (Å²) in [4.78, 5) is 23.6. The molecule has 2 N–H and O–H groups in total. The Morgan fingerprint density at radius 1 is 0.966 bits per heavy atom. The fourth-order valence-electron chi connectivity index (χ4n) is 2.52. The van der Waals surface area contributed by atoms with E-state index >= 15 is 0 Å². The van der Waals surface area contributed by atoms with Gasteiger partial charge in [0.1, 0.15) is 5.69 Å². The maximum absolute atomic E-state index is 12.3. The topological polar surface area (TPSA) is 120 Å². The number of amides is 1. The van der Waals surface area contributed by atoms with Gasteiger partial charge < -0.3 is 10.6 Å². The Kier molecular flexibility index (Phi) is 4.81. The van der Waals surface area contributed by atoms with Crippen molar-refractivity contribution in [2.24, 2.45) is 7.05 Å². The SMILES string of the molecule is Cn1nc(C(=O)Nc2ccc(Nc3ccc(-n4cccn4)nn3)cc2)ccc1=O. The van der Waals surface area contributed by atoms with E-state index in [0.717, 1.165) is 10.4 Å². The van der Waals surface area contributed by atoms with Gasteiger partial charge in [-0.3, -0.25) is 9.59 Å². The molecule has 10 nitrogen and oxygen atoms in total. The summed E-state index contributed by atoms with van der Waals surface area (Å²) in [5.74, 6) is 0.791. The van der Waals surface area contributed by atoms with E-state index in [9.17, 15) is 9.59 Å². The molecule has 0 unspecified atom stereocenters. The number of nitrogens with one attached hydrogen (secondary N) is 2. The van der Waals surface area contributed by atoms with Crippen LogP contribution in [-0.4, -0.2) is 35.7 Å². The minimum atomic E-state index is -0.401. The number of hydrogen-bond donors (Lipinski definition) is 2. The van der Waals surface area contributed by atoms with Gasteiger partial charge in [-0.1, -0.05) is 0 Å². The Morgan fingerprint density at radius 2 is 1.76 bits per heavy atom. The largest absolute Gasteiger partial charge is 0.339 e. The van der Waals surface area contributed by atoms with Gasteiger partial charge in [0.2, 0.25) is 0 Å². The molecule has 0 atom stereocenters.